The van der Waals surface area contributed by atoms with Crippen molar-refractivity contribution in [3.63, 3.8) is 0 Å². The van der Waals surface area contributed by atoms with Gasteiger partial charge in [0.2, 0.25) is 5.91 Å². The molecular weight excluding hydrogens is 258 g/mol. The summed E-state index contributed by atoms with van der Waals surface area (Å²) in [5.74, 6) is 0.372. The Balaban J connectivity index is 1.50. The van der Waals surface area contributed by atoms with Crippen LogP contribution in [0.4, 0.5) is 0 Å². The van der Waals surface area contributed by atoms with Crippen LogP contribution >= 0.6 is 11.3 Å². The summed E-state index contributed by atoms with van der Waals surface area (Å²) in [5, 5.41) is 1.15. The van der Waals surface area contributed by atoms with Gasteiger partial charge in [-0.25, -0.2) is 4.98 Å². The summed E-state index contributed by atoms with van der Waals surface area (Å²) in [6.45, 7) is 6.26. The molecule has 2 fully saturated rings. The van der Waals surface area contributed by atoms with E-state index in [2.05, 4.69) is 21.7 Å². The Morgan fingerprint density at radius 1 is 1.37 bits per heavy atom. The van der Waals surface area contributed by atoms with Gasteiger partial charge in [-0.1, -0.05) is 0 Å². The van der Waals surface area contributed by atoms with Gasteiger partial charge in [0.05, 0.1) is 5.01 Å². The standard InChI is InChI=1S/C14H21N3OS/c1-11-15-9-13(19-11)10-16-7-4-12(5-8-16)17-6-2-3-14(17)18/h9,12H,2-8,10H2,1H3. The van der Waals surface area contributed by atoms with Gasteiger partial charge in [-0.2, -0.15) is 0 Å². The number of nitrogens with zero attached hydrogens (tertiary/aromatic N) is 3. The summed E-state index contributed by atoms with van der Waals surface area (Å²) < 4.78 is 0. The predicted molar refractivity (Wildman–Crippen MR) is 76.1 cm³/mol. The van der Waals surface area contributed by atoms with Crippen molar-refractivity contribution in [1.82, 2.24) is 14.8 Å². The quantitative estimate of drug-likeness (QED) is 0.849. The van der Waals surface area contributed by atoms with Gasteiger partial charge < -0.3 is 4.90 Å². The number of piperidine rings is 1. The number of carbonyl (C=O) groups excluding carboxylic acids is 1. The van der Waals surface area contributed by atoms with Gasteiger partial charge in [-0.3, -0.25) is 9.69 Å². The highest BCUT2D eigenvalue weighted by Gasteiger charge is 2.30. The van der Waals surface area contributed by atoms with Gasteiger partial charge in [0.15, 0.2) is 0 Å². The smallest absolute Gasteiger partial charge is 0.222 e. The molecule has 19 heavy (non-hydrogen) atoms. The van der Waals surface area contributed by atoms with E-state index in [9.17, 15) is 4.79 Å². The highest BCUT2D eigenvalue weighted by Crippen LogP contribution is 2.23. The van der Waals surface area contributed by atoms with Gasteiger partial charge in [-0.05, 0) is 26.2 Å². The molecule has 104 valence electrons. The number of thiazole rings is 1. The zero-order chi connectivity index (χ0) is 13.2. The van der Waals surface area contributed by atoms with Crippen LogP contribution in [0.3, 0.4) is 0 Å². The number of rotatable bonds is 3. The van der Waals surface area contributed by atoms with Gasteiger partial charge in [-0.15, -0.1) is 11.3 Å². The van der Waals surface area contributed by atoms with Gasteiger partial charge in [0, 0.05) is 49.7 Å². The maximum atomic E-state index is 11.8. The highest BCUT2D eigenvalue weighted by atomic mass is 32.1. The minimum atomic E-state index is 0.372. The third kappa shape index (κ3) is 2.98. The monoisotopic (exact) mass is 279 g/mol. The predicted octanol–water partition coefficient (Wildman–Crippen LogP) is 2.04. The van der Waals surface area contributed by atoms with E-state index >= 15 is 0 Å². The van der Waals surface area contributed by atoms with Crippen molar-refractivity contribution >= 4 is 17.2 Å². The molecule has 0 aliphatic carbocycles. The molecule has 3 heterocycles. The van der Waals surface area contributed by atoms with Crippen LogP contribution in [0.15, 0.2) is 6.20 Å². The summed E-state index contributed by atoms with van der Waals surface area (Å²) in [6, 6.07) is 0.495. The first-order valence-electron chi connectivity index (χ1n) is 7.15. The van der Waals surface area contributed by atoms with Crippen LogP contribution in [0.25, 0.3) is 0 Å². The van der Waals surface area contributed by atoms with E-state index in [1.54, 1.807) is 11.3 Å². The molecule has 2 saturated heterocycles. The lowest BCUT2D eigenvalue weighted by Crippen LogP contribution is -2.45. The molecule has 2 aliphatic rings. The molecule has 0 bridgehead atoms. The molecule has 5 heteroatoms. The SMILES string of the molecule is Cc1ncc(CN2CCC(N3CCCC3=O)CC2)s1. The lowest BCUT2D eigenvalue weighted by atomic mass is 10.0. The number of hydrogen-bond donors (Lipinski definition) is 0. The molecule has 0 radical (unpaired) electrons. The summed E-state index contributed by atoms with van der Waals surface area (Å²) in [7, 11) is 0. The molecule has 3 rings (SSSR count). The maximum Gasteiger partial charge on any atom is 0.222 e. The summed E-state index contributed by atoms with van der Waals surface area (Å²) in [4.78, 5) is 22.0. The average Bonchev–Trinajstić information content (AvgIpc) is 3.00. The van der Waals surface area contributed by atoms with Gasteiger partial charge >= 0.3 is 0 Å². The first-order valence-corrected chi connectivity index (χ1v) is 7.97. The number of aryl methyl sites for hydroxylation is 1. The first kappa shape index (κ1) is 13.1. The van der Waals surface area contributed by atoms with Crippen LogP contribution in [0.5, 0.6) is 0 Å². The Kier molecular flexibility index (Phi) is 3.84. The maximum absolute atomic E-state index is 11.8. The van der Waals surface area contributed by atoms with Crippen molar-refractivity contribution in [2.75, 3.05) is 19.6 Å². The second-order valence-corrected chi connectivity index (χ2v) is 6.86. The third-order valence-corrected chi connectivity index (χ3v) is 5.05. The molecule has 0 aromatic carbocycles. The fourth-order valence-corrected chi connectivity index (χ4v) is 3.98. The molecule has 1 aromatic rings. The van der Waals surface area contributed by atoms with E-state index in [4.69, 9.17) is 0 Å². The highest BCUT2D eigenvalue weighted by molar-refractivity contribution is 7.11. The minimum absolute atomic E-state index is 0.372. The van der Waals surface area contributed by atoms with Crippen LogP contribution in [0.2, 0.25) is 0 Å². The molecule has 0 N–H and O–H groups in total. The number of likely N-dealkylation sites (tertiary alicyclic amines) is 2. The molecule has 0 spiro atoms. The Morgan fingerprint density at radius 2 is 2.16 bits per heavy atom. The second-order valence-electron chi connectivity index (χ2n) is 5.54. The van der Waals surface area contributed by atoms with Gasteiger partial charge in [0.1, 0.15) is 0 Å². The van der Waals surface area contributed by atoms with Crippen LogP contribution < -0.4 is 0 Å². The molecular formula is C14H21N3OS. The Hall–Kier alpha value is -0.940. The number of aromatic nitrogens is 1. The first-order chi connectivity index (χ1) is 9.22. The number of amides is 1. The van der Waals surface area contributed by atoms with Crippen molar-refractivity contribution in [3.8, 4) is 0 Å². The average molecular weight is 279 g/mol. The Labute approximate surface area is 118 Å². The zero-order valence-corrected chi connectivity index (χ0v) is 12.3. The topological polar surface area (TPSA) is 36.4 Å². The van der Waals surface area contributed by atoms with Crippen molar-refractivity contribution in [1.29, 1.82) is 0 Å². The Bertz CT molecular complexity index is 451. The van der Waals surface area contributed by atoms with Crippen molar-refractivity contribution in [3.05, 3.63) is 16.1 Å². The molecule has 1 aromatic heterocycles. The largest absolute Gasteiger partial charge is 0.340 e. The molecule has 0 unspecified atom stereocenters. The van der Waals surface area contributed by atoms with Crippen LogP contribution in [-0.4, -0.2) is 46.4 Å². The summed E-state index contributed by atoms with van der Waals surface area (Å²) >= 11 is 1.79. The van der Waals surface area contributed by atoms with Crippen LogP contribution in [0, 0.1) is 6.92 Å². The van der Waals surface area contributed by atoms with E-state index < -0.39 is 0 Å². The van der Waals surface area contributed by atoms with E-state index in [1.807, 2.05) is 6.20 Å². The molecule has 1 amide bonds. The van der Waals surface area contributed by atoms with Crippen molar-refractivity contribution < 1.29 is 4.79 Å². The molecule has 4 nitrogen and oxygen atoms in total. The molecule has 0 saturated carbocycles. The number of hydrogen-bond acceptors (Lipinski definition) is 4. The fraction of sp³-hybridized carbons (Fsp3) is 0.714. The Morgan fingerprint density at radius 3 is 2.74 bits per heavy atom. The summed E-state index contributed by atoms with van der Waals surface area (Å²) in [5.41, 5.74) is 0. The molecule has 2 aliphatic heterocycles. The van der Waals surface area contributed by atoms with E-state index in [0.29, 0.717) is 11.9 Å². The van der Waals surface area contributed by atoms with Gasteiger partial charge in [0.25, 0.3) is 0 Å². The summed E-state index contributed by atoms with van der Waals surface area (Å²) in [6.07, 6.45) is 6.07. The third-order valence-electron chi connectivity index (χ3n) is 4.16. The van der Waals surface area contributed by atoms with Crippen LogP contribution in [-0.2, 0) is 11.3 Å². The lowest BCUT2D eigenvalue weighted by Gasteiger charge is -2.36. The van der Waals surface area contributed by atoms with Crippen LogP contribution in [0.1, 0.15) is 35.6 Å². The lowest BCUT2D eigenvalue weighted by molar-refractivity contribution is -0.130. The van der Waals surface area contributed by atoms with Crippen molar-refractivity contribution in [2.45, 2.75) is 45.2 Å². The minimum Gasteiger partial charge on any atom is -0.340 e. The van der Waals surface area contributed by atoms with E-state index in [0.717, 1.165) is 56.9 Å². The zero-order valence-electron chi connectivity index (χ0n) is 11.5. The van der Waals surface area contributed by atoms with Crippen molar-refractivity contribution in [2.24, 2.45) is 0 Å². The van der Waals surface area contributed by atoms with E-state index in [1.165, 1.54) is 4.88 Å². The normalized spacial score (nSPS) is 22.4. The number of carbonyl (C=O) groups is 1. The molecule has 0 atom stereocenters. The fourth-order valence-electron chi connectivity index (χ4n) is 3.14. The second kappa shape index (κ2) is 5.59. The van der Waals surface area contributed by atoms with E-state index in [-0.39, 0.29) is 0 Å².